The third-order valence-electron chi connectivity index (χ3n) is 3.92. The van der Waals surface area contributed by atoms with E-state index in [4.69, 9.17) is 0 Å². The molecule has 0 aliphatic heterocycles. The molecule has 3 nitrogen and oxygen atoms in total. The molecule has 0 aliphatic rings. The number of amides is 1. The van der Waals surface area contributed by atoms with Crippen LogP contribution in [0.15, 0.2) is 53.0 Å². The number of nitrogens with one attached hydrogen (secondary N) is 1. The van der Waals surface area contributed by atoms with Crippen molar-refractivity contribution in [2.24, 2.45) is 0 Å². The summed E-state index contributed by atoms with van der Waals surface area (Å²) >= 11 is 4.95. The van der Waals surface area contributed by atoms with Crippen LogP contribution < -0.4 is 5.32 Å². The van der Waals surface area contributed by atoms with Gasteiger partial charge in [-0.25, -0.2) is 4.98 Å². The largest absolute Gasteiger partial charge is 0.302 e. The monoisotopic (exact) mass is 414 g/mol. The highest BCUT2D eigenvalue weighted by molar-refractivity contribution is 9.10. The van der Waals surface area contributed by atoms with Crippen LogP contribution >= 0.6 is 27.3 Å². The molecular weight excluding hydrogens is 396 g/mol. The van der Waals surface area contributed by atoms with Crippen molar-refractivity contribution in [3.63, 3.8) is 0 Å². The van der Waals surface area contributed by atoms with Gasteiger partial charge in [-0.05, 0) is 38.0 Å². The summed E-state index contributed by atoms with van der Waals surface area (Å²) < 4.78 is 1.04. The molecule has 0 aliphatic carbocycles. The van der Waals surface area contributed by atoms with Gasteiger partial charge in [0.25, 0.3) is 0 Å². The first kappa shape index (κ1) is 17.8. The van der Waals surface area contributed by atoms with Gasteiger partial charge < -0.3 is 5.32 Å². The van der Waals surface area contributed by atoms with E-state index < -0.39 is 0 Å². The maximum atomic E-state index is 12.2. The van der Waals surface area contributed by atoms with Crippen molar-refractivity contribution in [1.82, 2.24) is 4.98 Å². The molecule has 0 saturated heterocycles. The normalized spacial score (nSPS) is 10.7. The van der Waals surface area contributed by atoms with Crippen LogP contribution in [0.25, 0.3) is 11.3 Å². The third kappa shape index (κ3) is 4.77. The lowest BCUT2D eigenvalue weighted by atomic mass is 10.1. The molecule has 3 rings (SSSR count). The van der Waals surface area contributed by atoms with Gasteiger partial charge in [0.15, 0.2) is 5.13 Å². The maximum absolute atomic E-state index is 12.2. The predicted molar refractivity (Wildman–Crippen MR) is 108 cm³/mol. The van der Waals surface area contributed by atoms with Gasteiger partial charge in [-0.3, -0.25) is 4.79 Å². The van der Waals surface area contributed by atoms with E-state index in [2.05, 4.69) is 57.4 Å². The molecule has 1 heterocycles. The molecule has 0 unspecified atom stereocenters. The Balaban J connectivity index is 1.62. The first-order valence-corrected chi connectivity index (χ1v) is 9.71. The van der Waals surface area contributed by atoms with Gasteiger partial charge in [0.1, 0.15) is 0 Å². The summed E-state index contributed by atoms with van der Waals surface area (Å²) in [5.41, 5.74) is 4.38. The molecule has 0 saturated carbocycles. The minimum atomic E-state index is -0.00307. The van der Waals surface area contributed by atoms with Crippen LogP contribution in [0.1, 0.15) is 22.4 Å². The minimum absolute atomic E-state index is 0.00307. The van der Waals surface area contributed by atoms with Gasteiger partial charge in [-0.2, -0.15) is 0 Å². The number of thiazole rings is 1. The quantitative estimate of drug-likeness (QED) is 0.576. The van der Waals surface area contributed by atoms with E-state index in [9.17, 15) is 4.79 Å². The fraction of sp³-hybridized carbons (Fsp3) is 0.200. The lowest BCUT2D eigenvalue weighted by Gasteiger charge is -2.03. The van der Waals surface area contributed by atoms with Crippen LogP contribution in [0.4, 0.5) is 5.13 Å². The number of hydrogen-bond donors (Lipinski definition) is 1. The molecule has 1 N–H and O–H groups in total. The Morgan fingerprint density at radius 1 is 1.08 bits per heavy atom. The molecule has 0 bridgehead atoms. The van der Waals surface area contributed by atoms with E-state index >= 15 is 0 Å². The van der Waals surface area contributed by atoms with E-state index in [1.54, 1.807) is 0 Å². The number of carbonyl (C=O) groups excluding carboxylic acids is 1. The fourth-order valence-electron chi connectivity index (χ4n) is 2.52. The van der Waals surface area contributed by atoms with Gasteiger partial charge in [-0.1, -0.05) is 57.9 Å². The van der Waals surface area contributed by atoms with Crippen LogP contribution in [0.2, 0.25) is 0 Å². The minimum Gasteiger partial charge on any atom is -0.302 e. The highest BCUT2D eigenvalue weighted by Crippen LogP contribution is 2.31. The molecule has 128 valence electrons. The van der Waals surface area contributed by atoms with Gasteiger partial charge in [0.2, 0.25) is 5.91 Å². The SMILES string of the molecule is Cc1ccc(CCC(=O)Nc2nc(-c3ccc(Br)cc3)c(C)s2)cc1. The number of benzene rings is 2. The van der Waals surface area contributed by atoms with Crippen molar-refractivity contribution < 1.29 is 4.79 Å². The van der Waals surface area contributed by atoms with Gasteiger partial charge >= 0.3 is 0 Å². The first-order valence-electron chi connectivity index (χ1n) is 8.10. The lowest BCUT2D eigenvalue weighted by Crippen LogP contribution is -2.12. The summed E-state index contributed by atoms with van der Waals surface area (Å²) in [6.07, 6.45) is 1.19. The molecule has 1 aromatic heterocycles. The van der Waals surface area contributed by atoms with Crippen molar-refractivity contribution in [2.45, 2.75) is 26.7 Å². The summed E-state index contributed by atoms with van der Waals surface area (Å²) in [5.74, 6) is -0.00307. The summed E-state index contributed by atoms with van der Waals surface area (Å²) in [6, 6.07) is 16.3. The summed E-state index contributed by atoms with van der Waals surface area (Å²) in [6.45, 7) is 4.08. The lowest BCUT2D eigenvalue weighted by molar-refractivity contribution is -0.116. The number of anilines is 1. The molecule has 0 radical (unpaired) electrons. The van der Waals surface area contributed by atoms with E-state index in [-0.39, 0.29) is 5.91 Å². The summed E-state index contributed by atoms with van der Waals surface area (Å²) in [5, 5.41) is 3.58. The second-order valence-electron chi connectivity index (χ2n) is 5.96. The van der Waals surface area contributed by atoms with Crippen LogP contribution in [-0.4, -0.2) is 10.9 Å². The highest BCUT2D eigenvalue weighted by atomic mass is 79.9. The van der Waals surface area contributed by atoms with Crippen molar-refractivity contribution in [1.29, 1.82) is 0 Å². The van der Waals surface area contributed by atoms with Gasteiger partial charge in [0.05, 0.1) is 5.69 Å². The Hall–Kier alpha value is -1.98. The topological polar surface area (TPSA) is 42.0 Å². The Kier molecular flexibility index (Phi) is 5.66. The van der Waals surface area contributed by atoms with Crippen LogP contribution in [0, 0.1) is 13.8 Å². The molecular formula is C20H19BrN2OS. The molecule has 3 aromatic rings. The molecule has 25 heavy (non-hydrogen) atoms. The number of hydrogen-bond acceptors (Lipinski definition) is 3. The highest BCUT2D eigenvalue weighted by Gasteiger charge is 2.12. The zero-order valence-corrected chi connectivity index (χ0v) is 16.6. The third-order valence-corrected chi connectivity index (χ3v) is 5.34. The van der Waals surface area contributed by atoms with Gasteiger partial charge in [-0.15, -0.1) is 11.3 Å². The predicted octanol–water partition coefficient (Wildman–Crippen LogP) is 5.76. The molecule has 0 atom stereocenters. The van der Waals surface area contributed by atoms with Crippen molar-refractivity contribution in [2.75, 3.05) is 5.32 Å². The van der Waals surface area contributed by atoms with Gasteiger partial charge in [0, 0.05) is 21.3 Å². The number of halogens is 1. The summed E-state index contributed by atoms with van der Waals surface area (Å²) in [4.78, 5) is 17.9. The Labute approximate surface area is 160 Å². The number of aryl methyl sites for hydroxylation is 3. The fourth-order valence-corrected chi connectivity index (χ4v) is 3.64. The van der Waals surface area contributed by atoms with Crippen molar-refractivity contribution in [3.8, 4) is 11.3 Å². The summed E-state index contributed by atoms with van der Waals surface area (Å²) in [7, 11) is 0. The Bertz CT molecular complexity index is 870. The zero-order valence-electron chi connectivity index (χ0n) is 14.2. The zero-order chi connectivity index (χ0) is 17.8. The average molecular weight is 415 g/mol. The number of rotatable bonds is 5. The van der Waals surface area contributed by atoms with Crippen LogP contribution in [0.5, 0.6) is 0 Å². The average Bonchev–Trinajstić information content (AvgIpc) is 2.95. The second kappa shape index (κ2) is 7.93. The number of carbonyl (C=O) groups is 1. The Morgan fingerprint density at radius 2 is 1.76 bits per heavy atom. The van der Waals surface area contributed by atoms with E-state index in [0.29, 0.717) is 11.6 Å². The smallest absolute Gasteiger partial charge is 0.226 e. The molecule has 1 amide bonds. The van der Waals surface area contributed by atoms with Crippen molar-refractivity contribution in [3.05, 3.63) is 69.0 Å². The molecule has 5 heteroatoms. The van der Waals surface area contributed by atoms with Crippen LogP contribution in [-0.2, 0) is 11.2 Å². The van der Waals surface area contributed by atoms with E-state index in [1.807, 2.05) is 31.2 Å². The number of nitrogens with zero attached hydrogens (tertiary/aromatic N) is 1. The first-order chi connectivity index (χ1) is 12.0. The molecule has 2 aromatic carbocycles. The molecule has 0 fully saturated rings. The maximum Gasteiger partial charge on any atom is 0.226 e. The molecule has 0 spiro atoms. The standard InChI is InChI=1S/C20H19BrN2OS/c1-13-3-5-15(6-4-13)7-12-18(24)22-20-23-19(14(2)25-20)16-8-10-17(21)11-9-16/h3-6,8-11H,7,12H2,1-2H3,(H,22,23,24). The van der Waals surface area contributed by atoms with Crippen molar-refractivity contribution >= 4 is 38.3 Å². The van der Waals surface area contributed by atoms with E-state index in [0.717, 1.165) is 27.0 Å². The number of aromatic nitrogens is 1. The second-order valence-corrected chi connectivity index (χ2v) is 8.08. The van der Waals surface area contributed by atoms with Crippen LogP contribution in [0.3, 0.4) is 0 Å². The van der Waals surface area contributed by atoms with E-state index in [1.165, 1.54) is 22.5 Å². The Morgan fingerprint density at radius 3 is 2.44 bits per heavy atom.